The molecule has 0 aromatic rings. The van der Waals surface area contributed by atoms with Crippen molar-refractivity contribution in [2.75, 3.05) is 13.2 Å². The molecule has 0 aliphatic carbocycles. The van der Waals surface area contributed by atoms with Gasteiger partial charge in [0.1, 0.15) is 13.2 Å². The Morgan fingerprint density at radius 1 is 0.368 bits per heavy atom. The molecule has 1 unspecified atom stereocenters. The number of hydrogen-bond donors (Lipinski definition) is 0. The summed E-state index contributed by atoms with van der Waals surface area (Å²) in [6.07, 6.45) is 60.5. The Kier molecular flexibility index (Phi) is 41.3. The first kappa shape index (κ1) is 52.8. The van der Waals surface area contributed by atoms with E-state index in [4.69, 9.17) is 14.2 Å². The van der Waals surface area contributed by atoms with E-state index in [-0.39, 0.29) is 44.0 Å². The molecule has 6 nitrogen and oxygen atoms in total. The number of rotatable bonds is 37. The summed E-state index contributed by atoms with van der Waals surface area (Å²) in [4.78, 5) is 37.7. The SMILES string of the molecule is CC\C=C/C=C\C=C/C=C\CCCCCC(=O)OC(COC(=O)CCC/C=C\C/C=C\C/C=C\CC)COC(=O)CCCCCCCCC\C=C/C=C\C=C/CC. The number of esters is 3. The normalized spacial score (nSPS) is 13.2. The Bertz CT molecular complexity index is 1270. The zero-order valence-corrected chi connectivity index (χ0v) is 36.0. The highest BCUT2D eigenvalue weighted by molar-refractivity contribution is 5.71. The van der Waals surface area contributed by atoms with E-state index in [2.05, 4.69) is 106 Å². The first-order chi connectivity index (χ1) is 28.0. The van der Waals surface area contributed by atoms with Gasteiger partial charge in [-0.1, -0.05) is 181 Å². The second kappa shape index (κ2) is 44.5. The first-order valence-corrected chi connectivity index (χ1v) is 22.1. The van der Waals surface area contributed by atoms with E-state index in [1.165, 1.54) is 19.3 Å². The van der Waals surface area contributed by atoms with E-state index in [9.17, 15) is 14.4 Å². The van der Waals surface area contributed by atoms with Crippen molar-refractivity contribution in [1.29, 1.82) is 0 Å². The number of carbonyl (C=O) groups excluding carboxylic acids is 3. The molecule has 0 aliphatic rings. The third kappa shape index (κ3) is 42.8. The van der Waals surface area contributed by atoms with Crippen molar-refractivity contribution in [3.05, 3.63) is 122 Å². The fraction of sp³-hybridized carbons (Fsp3) is 0.549. The van der Waals surface area contributed by atoms with Gasteiger partial charge in [-0.2, -0.15) is 0 Å². The maximum atomic E-state index is 12.7. The summed E-state index contributed by atoms with van der Waals surface area (Å²) in [6.45, 7) is 6.11. The molecule has 0 spiro atoms. The molecule has 0 radical (unpaired) electrons. The molecule has 0 aromatic carbocycles. The molecule has 6 heteroatoms. The van der Waals surface area contributed by atoms with E-state index < -0.39 is 6.10 Å². The quantitative estimate of drug-likeness (QED) is 0.0205. The lowest BCUT2D eigenvalue weighted by Gasteiger charge is -2.18. The Labute approximate surface area is 348 Å². The van der Waals surface area contributed by atoms with Crippen LogP contribution >= 0.6 is 0 Å². The summed E-state index contributed by atoms with van der Waals surface area (Å²) >= 11 is 0. The van der Waals surface area contributed by atoms with Crippen LogP contribution in [-0.4, -0.2) is 37.2 Å². The van der Waals surface area contributed by atoms with Crippen LogP contribution in [0.4, 0.5) is 0 Å². The molecule has 1 atom stereocenters. The monoisotopic (exact) mass is 787 g/mol. The molecule has 0 fully saturated rings. The highest BCUT2D eigenvalue weighted by atomic mass is 16.6. The average molecular weight is 787 g/mol. The fourth-order valence-corrected chi connectivity index (χ4v) is 5.36. The summed E-state index contributed by atoms with van der Waals surface area (Å²) in [7, 11) is 0. The maximum Gasteiger partial charge on any atom is 0.306 e. The number of ether oxygens (including phenoxy) is 3. The molecule has 0 amide bonds. The number of carbonyl (C=O) groups is 3. The number of hydrogen-bond acceptors (Lipinski definition) is 6. The minimum atomic E-state index is -0.825. The van der Waals surface area contributed by atoms with Crippen molar-refractivity contribution in [3.8, 4) is 0 Å². The van der Waals surface area contributed by atoms with Gasteiger partial charge in [-0.25, -0.2) is 0 Å². The van der Waals surface area contributed by atoms with E-state index in [1.807, 2.05) is 36.5 Å². The van der Waals surface area contributed by atoms with Crippen LogP contribution in [0, 0.1) is 0 Å². The van der Waals surface area contributed by atoms with Crippen LogP contribution in [-0.2, 0) is 28.6 Å². The van der Waals surface area contributed by atoms with Gasteiger partial charge in [-0.15, -0.1) is 0 Å². The van der Waals surface area contributed by atoms with Gasteiger partial charge in [0.25, 0.3) is 0 Å². The van der Waals surface area contributed by atoms with Crippen molar-refractivity contribution in [3.63, 3.8) is 0 Å². The van der Waals surface area contributed by atoms with Crippen molar-refractivity contribution in [2.24, 2.45) is 0 Å². The molecule has 0 bridgehead atoms. The van der Waals surface area contributed by atoms with Gasteiger partial charge >= 0.3 is 17.9 Å². The van der Waals surface area contributed by atoms with Crippen molar-refractivity contribution in [2.45, 2.75) is 168 Å². The molecule has 0 N–H and O–H groups in total. The number of allylic oxidation sites excluding steroid dienone is 20. The predicted molar refractivity (Wildman–Crippen MR) is 242 cm³/mol. The Balaban J connectivity index is 4.55. The Morgan fingerprint density at radius 2 is 0.737 bits per heavy atom. The molecule has 0 aromatic heterocycles. The molecule has 0 heterocycles. The summed E-state index contributed by atoms with van der Waals surface area (Å²) in [5.74, 6) is -1.04. The standard InChI is InChI=1S/C51H78O6/c1-4-7-10-13-16-19-22-24-25-27-29-32-35-38-41-44-50(53)56-47-48(46-55-49(52)43-40-37-34-31-28-21-18-15-12-9-6-3)57-51(54)45-42-39-36-33-30-26-23-20-17-14-11-8-5-2/h7-14,16-23,26,30-31,34,48H,4-6,15,24-25,27-29,32-33,35-47H2,1-3H3/b10-7-,11-8-,12-9-,16-13-,17-14-,21-18-,22-19-,23-20-,30-26-,34-31-. The molecule has 0 saturated carbocycles. The predicted octanol–water partition coefficient (Wildman–Crippen LogP) is 14.2. The van der Waals surface area contributed by atoms with Gasteiger partial charge in [-0.05, 0) is 83.5 Å². The lowest BCUT2D eigenvalue weighted by Crippen LogP contribution is -2.30. The van der Waals surface area contributed by atoms with E-state index in [1.54, 1.807) is 0 Å². The van der Waals surface area contributed by atoms with Crippen molar-refractivity contribution in [1.82, 2.24) is 0 Å². The molecular formula is C51H78O6. The first-order valence-electron chi connectivity index (χ1n) is 22.1. The summed E-state index contributed by atoms with van der Waals surface area (Å²) in [6, 6.07) is 0. The Morgan fingerprint density at radius 3 is 1.26 bits per heavy atom. The van der Waals surface area contributed by atoms with Crippen LogP contribution < -0.4 is 0 Å². The summed E-state index contributed by atoms with van der Waals surface area (Å²) in [5, 5.41) is 0. The smallest absolute Gasteiger partial charge is 0.306 e. The van der Waals surface area contributed by atoms with Gasteiger partial charge < -0.3 is 14.2 Å². The molecule has 57 heavy (non-hydrogen) atoms. The molecule has 0 rings (SSSR count). The van der Waals surface area contributed by atoms with Crippen molar-refractivity contribution < 1.29 is 28.6 Å². The van der Waals surface area contributed by atoms with Gasteiger partial charge in [0.2, 0.25) is 0 Å². The van der Waals surface area contributed by atoms with E-state index in [0.717, 1.165) is 89.9 Å². The van der Waals surface area contributed by atoms with Crippen molar-refractivity contribution >= 4 is 17.9 Å². The zero-order chi connectivity index (χ0) is 41.5. The molecule has 318 valence electrons. The molecule has 0 aliphatic heterocycles. The van der Waals surface area contributed by atoms with Crippen LogP contribution in [0.25, 0.3) is 0 Å². The van der Waals surface area contributed by atoms with Gasteiger partial charge in [-0.3, -0.25) is 14.4 Å². The van der Waals surface area contributed by atoms with Crippen LogP contribution in [0.1, 0.15) is 162 Å². The largest absolute Gasteiger partial charge is 0.462 e. The highest BCUT2D eigenvalue weighted by Gasteiger charge is 2.19. The van der Waals surface area contributed by atoms with Crippen LogP contribution in [0.3, 0.4) is 0 Å². The van der Waals surface area contributed by atoms with E-state index >= 15 is 0 Å². The number of unbranched alkanes of at least 4 members (excludes halogenated alkanes) is 11. The third-order valence-corrected chi connectivity index (χ3v) is 8.60. The van der Waals surface area contributed by atoms with Gasteiger partial charge in [0, 0.05) is 19.3 Å². The second-order valence-electron chi connectivity index (χ2n) is 14.0. The van der Waals surface area contributed by atoms with Gasteiger partial charge in [0.15, 0.2) is 6.10 Å². The molecular weight excluding hydrogens is 709 g/mol. The van der Waals surface area contributed by atoms with Crippen LogP contribution in [0.5, 0.6) is 0 Å². The topological polar surface area (TPSA) is 78.9 Å². The van der Waals surface area contributed by atoms with E-state index in [0.29, 0.717) is 19.3 Å². The van der Waals surface area contributed by atoms with Gasteiger partial charge in [0.05, 0.1) is 0 Å². The zero-order valence-electron chi connectivity index (χ0n) is 36.0. The maximum absolute atomic E-state index is 12.7. The summed E-state index contributed by atoms with van der Waals surface area (Å²) in [5.41, 5.74) is 0. The lowest BCUT2D eigenvalue weighted by atomic mass is 10.1. The average Bonchev–Trinajstić information content (AvgIpc) is 3.21. The highest BCUT2D eigenvalue weighted by Crippen LogP contribution is 2.12. The second-order valence-corrected chi connectivity index (χ2v) is 14.0. The Hall–Kier alpha value is -4.19. The minimum absolute atomic E-state index is 0.121. The molecule has 0 saturated heterocycles. The van der Waals surface area contributed by atoms with Crippen LogP contribution in [0.2, 0.25) is 0 Å². The fourth-order valence-electron chi connectivity index (χ4n) is 5.36. The lowest BCUT2D eigenvalue weighted by molar-refractivity contribution is -0.167. The summed E-state index contributed by atoms with van der Waals surface area (Å²) < 4.78 is 16.6. The third-order valence-electron chi connectivity index (χ3n) is 8.60. The minimum Gasteiger partial charge on any atom is -0.462 e. The van der Waals surface area contributed by atoms with Crippen LogP contribution in [0.15, 0.2) is 122 Å².